The second-order valence-electron chi connectivity index (χ2n) is 4.94. The van der Waals surface area contributed by atoms with Crippen molar-refractivity contribution in [3.63, 3.8) is 0 Å². The monoisotopic (exact) mass is 293 g/mol. The first-order valence-electron chi connectivity index (χ1n) is 6.63. The largest absolute Gasteiger partial charge is 0.376 e. The third-order valence-corrected chi connectivity index (χ3v) is 3.51. The molecule has 3 rings (SSSR count). The molecule has 20 heavy (non-hydrogen) atoms. The van der Waals surface area contributed by atoms with Crippen molar-refractivity contribution < 1.29 is 9.26 Å². The molecule has 1 saturated heterocycles. The Bertz CT molecular complexity index is 570. The summed E-state index contributed by atoms with van der Waals surface area (Å²) in [5, 5.41) is 4.71. The van der Waals surface area contributed by atoms with Gasteiger partial charge in [0.05, 0.1) is 19.3 Å². The molecule has 0 bridgehead atoms. The third-order valence-electron chi connectivity index (χ3n) is 3.25. The van der Waals surface area contributed by atoms with Crippen molar-refractivity contribution in [2.75, 3.05) is 19.7 Å². The topological polar surface area (TPSA) is 51.4 Å². The van der Waals surface area contributed by atoms with Crippen LogP contribution in [-0.4, -0.2) is 40.8 Å². The summed E-state index contributed by atoms with van der Waals surface area (Å²) in [5.74, 6) is 1.22. The van der Waals surface area contributed by atoms with Gasteiger partial charge in [-0.1, -0.05) is 16.8 Å². The van der Waals surface area contributed by atoms with Crippen LogP contribution in [0.3, 0.4) is 0 Å². The van der Waals surface area contributed by atoms with E-state index in [1.165, 1.54) is 0 Å². The number of hydrogen-bond acceptors (Lipinski definition) is 5. The van der Waals surface area contributed by atoms with Crippen LogP contribution < -0.4 is 0 Å². The standard InChI is InChI=1S/C14H16ClN3O2/c1-10-8-18(6-7-19-10)9-13-16-14(17-20-13)11-2-4-12(15)5-3-11/h2-5,10H,6-9H2,1H3/t10-/m0/s1. The maximum absolute atomic E-state index is 5.86. The predicted molar refractivity (Wildman–Crippen MR) is 75.4 cm³/mol. The van der Waals surface area contributed by atoms with Crippen molar-refractivity contribution in [3.05, 3.63) is 35.2 Å². The van der Waals surface area contributed by atoms with Gasteiger partial charge in [-0.2, -0.15) is 4.98 Å². The number of ether oxygens (including phenoxy) is 1. The van der Waals surface area contributed by atoms with Crippen LogP contribution in [-0.2, 0) is 11.3 Å². The van der Waals surface area contributed by atoms with Gasteiger partial charge in [0.25, 0.3) is 0 Å². The minimum atomic E-state index is 0.252. The van der Waals surface area contributed by atoms with Crippen LogP contribution in [0.5, 0.6) is 0 Å². The molecule has 1 atom stereocenters. The Labute approximate surface area is 122 Å². The van der Waals surface area contributed by atoms with E-state index >= 15 is 0 Å². The summed E-state index contributed by atoms with van der Waals surface area (Å²) >= 11 is 5.86. The zero-order chi connectivity index (χ0) is 13.9. The van der Waals surface area contributed by atoms with Crippen molar-refractivity contribution in [1.29, 1.82) is 0 Å². The van der Waals surface area contributed by atoms with Crippen molar-refractivity contribution in [2.24, 2.45) is 0 Å². The van der Waals surface area contributed by atoms with Gasteiger partial charge in [-0.3, -0.25) is 4.90 Å². The van der Waals surface area contributed by atoms with E-state index in [0.717, 1.165) is 25.3 Å². The molecule has 1 aromatic carbocycles. The fraction of sp³-hybridized carbons (Fsp3) is 0.429. The minimum Gasteiger partial charge on any atom is -0.376 e. The van der Waals surface area contributed by atoms with Gasteiger partial charge in [0.1, 0.15) is 0 Å². The van der Waals surface area contributed by atoms with Gasteiger partial charge >= 0.3 is 0 Å². The lowest BCUT2D eigenvalue weighted by Gasteiger charge is -2.29. The molecule has 0 saturated carbocycles. The first-order chi connectivity index (χ1) is 9.70. The maximum atomic E-state index is 5.86. The lowest BCUT2D eigenvalue weighted by atomic mass is 10.2. The molecule has 2 aromatic rings. The first kappa shape index (κ1) is 13.5. The van der Waals surface area contributed by atoms with Crippen LogP contribution >= 0.6 is 11.6 Å². The van der Waals surface area contributed by atoms with Crippen LogP contribution in [0.25, 0.3) is 11.4 Å². The summed E-state index contributed by atoms with van der Waals surface area (Å²) in [6.45, 7) is 5.26. The zero-order valence-corrected chi connectivity index (χ0v) is 12.0. The molecule has 0 N–H and O–H groups in total. The Balaban J connectivity index is 1.69. The van der Waals surface area contributed by atoms with Gasteiger partial charge in [-0.05, 0) is 31.2 Å². The molecule has 5 nitrogen and oxygen atoms in total. The lowest BCUT2D eigenvalue weighted by Crippen LogP contribution is -2.40. The number of hydrogen-bond donors (Lipinski definition) is 0. The summed E-state index contributed by atoms with van der Waals surface area (Å²) in [4.78, 5) is 6.68. The average Bonchev–Trinajstić information content (AvgIpc) is 2.88. The predicted octanol–water partition coefficient (Wildman–Crippen LogP) is 2.61. The normalized spacial score (nSPS) is 20.2. The van der Waals surface area contributed by atoms with Crippen molar-refractivity contribution >= 4 is 11.6 Å². The molecule has 2 heterocycles. The van der Waals surface area contributed by atoms with Crippen molar-refractivity contribution in [3.8, 4) is 11.4 Å². The Morgan fingerprint density at radius 3 is 2.90 bits per heavy atom. The van der Waals surface area contributed by atoms with Gasteiger partial charge in [0.2, 0.25) is 11.7 Å². The number of nitrogens with zero attached hydrogens (tertiary/aromatic N) is 3. The van der Waals surface area contributed by atoms with E-state index in [-0.39, 0.29) is 6.10 Å². The van der Waals surface area contributed by atoms with E-state index in [4.69, 9.17) is 20.9 Å². The fourth-order valence-corrected chi connectivity index (χ4v) is 2.39. The van der Waals surface area contributed by atoms with E-state index in [1.54, 1.807) is 0 Å². The number of rotatable bonds is 3. The Kier molecular flexibility index (Phi) is 4.00. The van der Waals surface area contributed by atoms with Crippen molar-refractivity contribution in [1.82, 2.24) is 15.0 Å². The number of halogens is 1. The van der Waals surface area contributed by atoms with Crippen LogP contribution in [0.2, 0.25) is 5.02 Å². The smallest absolute Gasteiger partial charge is 0.241 e. The molecule has 0 radical (unpaired) electrons. The molecule has 0 amide bonds. The molecule has 0 unspecified atom stereocenters. The van der Waals surface area contributed by atoms with Crippen LogP contribution in [0, 0.1) is 0 Å². The highest BCUT2D eigenvalue weighted by Gasteiger charge is 2.19. The molecule has 1 aliphatic heterocycles. The molecular weight excluding hydrogens is 278 g/mol. The highest BCUT2D eigenvalue weighted by Crippen LogP contribution is 2.19. The van der Waals surface area contributed by atoms with E-state index in [2.05, 4.69) is 22.0 Å². The highest BCUT2D eigenvalue weighted by molar-refractivity contribution is 6.30. The SMILES string of the molecule is C[C@H]1CN(Cc2nc(-c3ccc(Cl)cc3)no2)CCO1. The van der Waals surface area contributed by atoms with Crippen molar-refractivity contribution in [2.45, 2.75) is 19.6 Å². The van der Waals surface area contributed by atoms with E-state index in [9.17, 15) is 0 Å². The molecule has 1 aromatic heterocycles. The molecule has 0 aliphatic carbocycles. The molecular formula is C14H16ClN3O2. The highest BCUT2D eigenvalue weighted by atomic mass is 35.5. The molecule has 0 spiro atoms. The van der Waals surface area contributed by atoms with Gasteiger partial charge in [0.15, 0.2) is 0 Å². The quantitative estimate of drug-likeness (QED) is 0.871. The summed E-state index contributed by atoms with van der Waals surface area (Å²) < 4.78 is 10.8. The maximum Gasteiger partial charge on any atom is 0.241 e. The lowest BCUT2D eigenvalue weighted by molar-refractivity contribution is -0.0240. The average molecular weight is 294 g/mol. The van der Waals surface area contributed by atoms with Gasteiger partial charge in [0, 0.05) is 23.7 Å². The summed E-state index contributed by atoms with van der Waals surface area (Å²) in [6.07, 6.45) is 0.252. The summed E-state index contributed by atoms with van der Waals surface area (Å²) in [6, 6.07) is 7.40. The minimum absolute atomic E-state index is 0.252. The molecule has 6 heteroatoms. The Morgan fingerprint density at radius 2 is 2.15 bits per heavy atom. The van der Waals surface area contributed by atoms with Crippen LogP contribution in [0.4, 0.5) is 0 Å². The second-order valence-corrected chi connectivity index (χ2v) is 5.37. The second kappa shape index (κ2) is 5.91. The molecule has 1 fully saturated rings. The van der Waals surface area contributed by atoms with E-state index in [0.29, 0.717) is 23.3 Å². The zero-order valence-electron chi connectivity index (χ0n) is 11.3. The molecule has 1 aliphatic rings. The van der Waals surface area contributed by atoms with Gasteiger partial charge in [-0.15, -0.1) is 0 Å². The summed E-state index contributed by atoms with van der Waals surface area (Å²) in [5.41, 5.74) is 0.903. The van der Waals surface area contributed by atoms with Crippen LogP contribution in [0.1, 0.15) is 12.8 Å². The Hall–Kier alpha value is -1.43. The number of aromatic nitrogens is 2. The fourth-order valence-electron chi connectivity index (χ4n) is 2.26. The first-order valence-corrected chi connectivity index (χ1v) is 7.01. The number of benzene rings is 1. The van der Waals surface area contributed by atoms with Crippen LogP contribution in [0.15, 0.2) is 28.8 Å². The number of morpholine rings is 1. The van der Waals surface area contributed by atoms with E-state index < -0.39 is 0 Å². The van der Waals surface area contributed by atoms with Gasteiger partial charge in [-0.25, -0.2) is 0 Å². The third kappa shape index (κ3) is 3.17. The summed E-state index contributed by atoms with van der Waals surface area (Å²) in [7, 11) is 0. The van der Waals surface area contributed by atoms with E-state index in [1.807, 2.05) is 24.3 Å². The molecule has 106 valence electrons. The Morgan fingerprint density at radius 1 is 1.35 bits per heavy atom. The van der Waals surface area contributed by atoms with Gasteiger partial charge < -0.3 is 9.26 Å².